The molecule has 0 bridgehead atoms. The van der Waals surface area contributed by atoms with Gasteiger partial charge < -0.3 is 10.1 Å². The van der Waals surface area contributed by atoms with Crippen molar-refractivity contribution >= 4 is 5.91 Å². The lowest BCUT2D eigenvalue weighted by Gasteiger charge is -2.24. The third kappa shape index (κ3) is 4.73. The third-order valence-corrected chi connectivity index (χ3v) is 5.81. The number of nitrogens with one attached hydrogen (secondary N) is 1. The van der Waals surface area contributed by atoms with Gasteiger partial charge in [0.1, 0.15) is 5.75 Å². The first-order chi connectivity index (χ1) is 14.7. The predicted molar refractivity (Wildman–Crippen MR) is 121 cm³/mol. The molecule has 30 heavy (non-hydrogen) atoms. The molecule has 0 fully saturated rings. The monoisotopic (exact) mass is 399 g/mol. The van der Waals surface area contributed by atoms with Crippen molar-refractivity contribution in [1.29, 1.82) is 0 Å². The number of rotatable bonds is 7. The van der Waals surface area contributed by atoms with Gasteiger partial charge in [0.25, 0.3) is 5.91 Å². The minimum absolute atomic E-state index is 0.0899. The Morgan fingerprint density at radius 1 is 0.867 bits per heavy atom. The number of ether oxygens (including phenoxy) is 1. The molecular formula is C27H29NO2. The summed E-state index contributed by atoms with van der Waals surface area (Å²) in [5.74, 6) is 0.696. The van der Waals surface area contributed by atoms with Crippen molar-refractivity contribution in [2.45, 2.75) is 51.2 Å². The summed E-state index contributed by atoms with van der Waals surface area (Å²) in [4.78, 5) is 13.2. The lowest BCUT2D eigenvalue weighted by atomic mass is 9.92. The molecule has 1 aliphatic rings. The van der Waals surface area contributed by atoms with Crippen LogP contribution in [0.25, 0.3) is 0 Å². The lowest BCUT2D eigenvalue weighted by molar-refractivity contribution is -0.128. The molecule has 1 unspecified atom stereocenters. The molecule has 3 aromatic carbocycles. The van der Waals surface area contributed by atoms with Crippen LogP contribution in [0.15, 0.2) is 78.9 Å². The Balaban J connectivity index is 1.52. The van der Waals surface area contributed by atoms with Crippen molar-refractivity contribution in [3.8, 4) is 5.75 Å². The summed E-state index contributed by atoms with van der Waals surface area (Å²) < 4.78 is 6.15. The summed E-state index contributed by atoms with van der Waals surface area (Å²) in [6, 6.07) is 26.2. The van der Waals surface area contributed by atoms with Gasteiger partial charge in [-0.25, -0.2) is 0 Å². The summed E-state index contributed by atoms with van der Waals surface area (Å²) in [5.41, 5.74) is 4.89. The van der Waals surface area contributed by atoms with Crippen LogP contribution in [0.4, 0.5) is 0 Å². The maximum absolute atomic E-state index is 13.2. The Hall–Kier alpha value is -3.07. The number of benzene rings is 3. The van der Waals surface area contributed by atoms with Crippen LogP contribution in [-0.2, 0) is 17.6 Å². The van der Waals surface area contributed by atoms with Gasteiger partial charge >= 0.3 is 0 Å². The van der Waals surface area contributed by atoms with Crippen LogP contribution in [0.1, 0.15) is 54.5 Å². The summed E-state index contributed by atoms with van der Waals surface area (Å²) in [7, 11) is 0. The number of amides is 1. The molecule has 0 radical (unpaired) electrons. The van der Waals surface area contributed by atoms with Crippen molar-refractivity contribution in [3.63, 3.8) is 0 Å². The first kappa shape index (κ1) is 20.2. The molecule has 3 nitrogen and oxygen atoms in total. The van der Waals surface area contributed by atoms with E-state index in [0.717, 1.165) is 29.7 Å². The zero-order valence-electron chi connectivity index (χ0n) is 17.5. The minimum atomic E-state index is -0.526. The highest BCUT2D eigenvalue weighted by Crippen LogP contribution is 2.27. The topological polar surface area (TPSA) is 38.3 Å². The second-order valence-corrected chi connectivity index (χ2v) is 7.92. The van der Waals surface area contributed by atoms with E-state index in [1.807, 2.05) is 73.7 Å². The molecule has 0 spiro atoms. The molecule has 1 N–H and O–H groups in total. The molecule has 0 saturated carbocycles. The highest BCUT2D eigenvalue weighted by molar-refractivity contribution is 5.82. The van der Waals surface area contributed by atoms with Gasteiger partial charge in [-0.3, -0.25) is 4.79 Å². The summed E-state index contributed by atoms with van der Waals surface area (Å²) in [6.45, 7) is 1.99. The Morgan fingerprint density at radius 3 is 2.07 bits per heavy atom. The molecule has 1 amide bonds. The zero-order valence-corrected chi connectivity index (χ0v) is 17.5. The highest BCUT2D eigenvalue weighted by Gasteiger charge is 2.24. The lowest BCUT2D eigenvalue weighted by Crippen LogP contribution is -2.40. The molecule has 3 heteroatoms. The molecular weight excluding hydrogens is 370 g/mol. The van der Waals surface area contributed by atoms with Gasteiger partial charge in [-0.2, -0.15) is 0 Å². The number of carbonyl (C=O) groups is 1. The van der Waals surface area contributed by atoms with Crippen molar-refractivity contribution in [3.05, 3.63) is 101 Å². The van der Waals surface area contributed by atoms with Crippen molar-refractivity contribution in [2.24, 2.45) is 0 Å². The van der Waals surface area contributed by atoms with Crippen molar-refractivity contribution in [1.82, 2.24) is 5.32 Å². The number of carbonyl (C=O) groups excluding carboxylic acids is 1. The van der Waals surface area contributed by atoms with Crippen LogP contribution in [0.2, 0.25) is 0 Å². The standard InChI is InChI=1S/C27H29NO2/c1-2-25(30-24-18-17-20-11-9-10-16-23(20)19-24)27(29)28-26(21-12-5-3-6-13-21)22-14-7-4-8-15-22/h3-8,12-15,17-19,25-26H,2,9-11,16H2,1H3,(H,28,29). The smallest absolute Gasteiger partial charge is 0.261 e. The van der Waals surface area contributed by atoms with Gasteiger partial charge in [0.2, 0.25) is 0 Å². The predicted octanol–water partition coefficient (Wildman–Crippen LogP) is 5.63. The molecule has 0 saturated heterocycles. The number of hydrogen-bond donors (Lipinski definition) is 1. The van der Waals surface area contributed by atoms with Crippen LogP contribution in [0.3, 0.4) is 0 Å². The summed E-state index contributed by atoms with van der Waals surface area (Å²) in [5, 5.41) is 3.22. The van der Waals surface area contributed by atoms with E-state index < -0.39 is 6.10 Å². The maximum atomic E-state index is 13.2. The van der Waals surface area contributed by atoms with Crippen LogP contribution in [0.5, 0.6) is 5.75 Å². The number of fused-ring (bicyclic) bond motifs is 1. The largest absolute Gasteiger partial charge is 0.481 e. The van der Waals surface area contributed by atoms with E-state index in [-0.39, 0.29) is 11.9 Å². The summed E-state index contributed by atoms with van der Waals surface area (Å²) >= 11 is 0. The van der Waals surface area contributed by atoms with Crippen LogP contribution in [-0.4, -0.2) is 12.0 Å². The average molecular weight is 400 g/mol. The van der Waals surface area contributed by atoms with E-state index in [1.165, 1.54) is 24.0 Å². The SMILES string of the molecule is CCC(Oc1ccc2c(c1)CCCC2)C(=O)NC(c1ccccc1)c1ccccc1. The zero-order chi connectivity index (χ0) is 20.8. The van der Waals surface area contributed by atoms with E-state index in [9.17, 15) is 4.79 Å². The normalized spacial score (nSPS) is 14.1. The van der Waals surface area contributed by atoms with E-state index in [2.05, 4.69) is 17.4 Å². The fourth-order valence-corrected chi connectivity index (χ4v) is 4.15. The van der Waals surface area contributed by atoms with Gasteiger partial charge in [0.05, 0.1) is 6.04 Å². The average Bonchev–Trinajstić information content (AvgIpc) is 2.82. The van der Waals surface area contributed by atoms with E-state index >= 15 is 0 Å². The van der Waals surface area contributed by atoms with Gasteiger partial charge in [-0.15, -0.1) is 0 Å². The molecule has 4 rings (SSSR count). The molecule has 1 aliphatic carbocycles. The molecule has 0 heterocycles. The minimum Gasteiger partial charge on any atom is -0.481 e. The van der Waals surface area contributed by atoms with Crippen molar-refractivity contribution in [2.75, 3.05) is 0 Å². The number of hydrogen-bond acceptors (Lipinski definition) is 2. The Kier molecular flexibility index (Phi) is 6.48. The van der Waals surface area contributed by atoms with Gasteiger partial charge in [0, 0.05) is 0 Å². The second kappa shape index (κ2) is 9.62. The Bertz CT molecular complexity index is 929. The first-order valence-electron chi connectivity index (χ1n) is 10.9. The fourth-order valence-electron chi connectivity index (χ4n) is 4.15. The third-order valence-electron chi connectivity index (χ3n) is 5.81. The van der Waals surface area contributed by atoms with E-state index in [0.29, 0.717) is 6.42 Å². The Morgan fingerprint density at radius 2 is 1.47 bits per heavy atom. The van der Waals surface area contributed by atoms with Gasteiger partial charge in [-0.05, 0) is 66.5 Å². The summed E-state index contributed by atoms with van der Waals surface area (Å²) in [6.07, 6.45) is 4.81. The molecule has 154 valence electrons. The highest BCUT2D eigenvalue weighted by atomic mass is 16.5. The maximum Gasteiger partial charge on any atom is 0.261 e. The van der Waals surface area contributed by atoms with Crippen LogP contribution >= 0.6 is 0 Å². The molecule has 1 atom stereocenters. The second-order valence-electron chi connectivity index (χ2n) is 7.92. The molecule has 3 aromatic rings. The molecule has 0 aromatic heterocycles. The fraction of sp³-hybridized carbons (Fsp3) is 0.296. The number of aryl methyl sites for hydroxylation is 2. The van der Waals surface area contributed by atoms with Crippen molar-refractivity contribution < 1.29 is 9.53 Å². The van der Waals surface area contributed by atoms with Crippen LogP contribution in [0, 0.1) is 0 Å². The first-order valence-corrected chi connectivity index (χ1v) is 10.9. The quantitative estimate of drug-likeness (QED) is 0.559. The Labute approximate surface area is 179 Å². The van der Waals surface area contributed by atoms with Gasteiger partial charge in [0.15, 0.2) is 6.10 Å². The van der Waals surface area contributed by atoms with Gasteiger partial charge in [-0.1, -0.05) is 73.7 Å². The van der Waals surface area contributed by atoms with E-state index in [1.54, 1.807) is 0 Å². The molecule has 0 aliphatic heterocycles. The van der Waals surface area contributed by atoms with E-state index in [4.69, 9.17) is 4.74 Å². The van der Waals surface area contributed by atoms with Crippen LogP contribution < -0.4 is 10.1 Å².